The van der Waals surface area contributed by atoms with E-state index in [1.165, 1.54) is 11.8 Å². The van der Waals surface area contributed by atoms with Gasteiger partial charge in [0, 0.05) is 33.1 Å². The molecule has 0 aliphatic rings. The number of benzene rings is 2. The standard InChI is InChI=1S/C17H13Cl2NOS/c18-8-9-22-16-15(11-4-2-1-3-5-11)13-10-12(19)6-7-14(13)20-17(16)21/h1-7,10H,8-9H2,(H,20,21). The highest BCUT2D eigenvalue weighted by molar-refractivity contribution is 7.99. The van der Waals surface area contributed by atoms with Crippen molar-refractivity contribution in [1.82, 2.24) is 4.98 Å². The number of halogens is 2. The van der Waals surface area contributed by atoms with Gasteiger partial charge in [0.2, 0.25) is 0 Å². The van der Waals surface area contributed by atoms with Crippen molar-refractivity contribution in [1.29, 1.82) is 0 Å². The Bertz CT molecular complexity index is 862. The number of rotatable bonds is 4. The molecule has 2 aromatic carbocycles. The first kappa shape index (κ1) is 15.5. The molecule has 0 aliphatic heterocycles. The van der Waals surface area contributed by atoms with E-state index >= 15 is 0 Å². The average Bonchev–Trinajstić information content (AvgIpc) is 2.54. The highest BCUT2D eigenvalue weighted by atomic mass is 35.5. The van der Waals surface area contributed by atoms with Crippen LogP contribution in [0.25, 0.3) is 22.0 Å². The van der Waals surface area contributed by atoms with Crippen molar-refractivity contribution in [2.75, 3.05) is 11.6 Å². The van der Waals surface area contributed by atoms with Crippen molar-refractivity contribution in [3.8, 4) is 11.1 Å². The third kappa shape index (κ3) is 3.02. The van der Waals surface area contributed by atoms with E-state index in [2.05, 4.69) is 4.98 Å². The third-order valence-corrected chi connectivity index (χ3v) is 5.05. The van der Waals surface area contributed by atoms with Gasteiger partial charge in [0.25, 0.3) is 5.56 Å². The van der Waals surface area contributed by atoms with Gasteiger partial charge in [-0.25, -0.2) is 0 Å². The molecule has 0 amide bonds. The van der Waals surface area contributed by atoms with Crippen LogP contribution in [0.15, 0.2) is 58.2 Å². The largest absolute Gasteiger partial charge is 0.321 e. The molecule has 3 aromatic rings. The molecule has 5 heteroatoms. The van der Waals surface area contributed by atoms with E-state index in [9.17, 15) is 4.79 Å². The molecule has 0 spiro atoms. The van der Waals surface area contributed by atoms with Crippen LogP contribution in [-0.2, 0) is 0 Å². The van der Waals surface area contributed by atoms with Crippen molar-refractivity contribution in [2.45, 2.75) is 4.90 Å². The average molecular weight is 350 g/mol. The van der Waals surface area contributed by atoms with Gasteiger partial charge in [0.1, 0.15) is 0 Å². The van der Waals surface area contributed by atoms with Crippen LogP contribution in [0.4, 0.5) is 0 Å². The number of H-pyrrole nitrogens is 1. The van der Waals surface area contributed by atoms with Crippen LogP contribution in [0, 0.1) is 0 Å². The summed E-state index contributed by atoms with van der Waals surface area (Å²) in [5.41, 5.74) is 2.60. The monoisotopic (exact) mass is 349 g/mol. The fraction of sp³-hybridized carbons (Fsp3) is 0.118. The third-order valence-electron chi connectivity index (χ3n) is 3.32. The predicted octanol–water partition coefficient (Wildman–Crippen LogP) is 5.18. The lowest BCUT2D eigenvalue weighted by atomic mass is 10.0. The summed E-state index contributed by atoms with van der Waals surface area (Å²) in [5.74, 6) is 1.17. The topological polar surface area (TPSA) is 32.9 Å². The van der Waals surface area contributed by atoms with E-state index in [-0.39, 0.29) is 5.56 Å². The van der Waals surface area contributed by atoms with Gasteiger partial charge in [-0.1, -0.05) is 41.9 Å². The van der Waals surface area contributed by atoms with Crippen molar-refractivity contribution in [3.05, 3.63) is 63.9 Å². The Morgan fingerprint density at radius 1 is 1.09 bits per heavy atom. The molecule has 0 unspecified atom stereocenters. The lowest BCUT2D eigenvalue weighted by molar-refractivity contribution is 1.20. The number of fused-ring (bicyclic) bond motifs is 1. The fourth-order valence-electron chi connectivity index (χ4n) is 2.42. The molecular weight excluding hydrogens is 337 g/mol. The number of aromatic nitrogens is 1. The van der Waals surface area contributed by atoms with Crippen molar-refractivity contribution in [3.63, 3.8) is 0 Å². The van der Waals surface area contributed by atoms with Gasteiger partial charge in [-0.2, -0.15) is 0 Å². The molecule has 0 radical (unpaired) electrons. The Labute approximate surface area is 142 Å². The molecule has 1 heterocycles. The molecule has 3 rings (SSSR count). The van der Waals surface area contributed by atoms with Crippen molar-refractivity contribution >= 4 is 45.9 Å². The zero-order valence-corrected chi connectivity index (χ0v) is 13.9. The van der Waals surface area contributed by atoms with E-state index in [1.54, 1.807) is 6.07 Å². The maximum atomic E-state index is 12.5. The Hall–Kier alpha value is -1.42. The SMILES string of the molecule is O=c1[nH]c2ccc(Cl)cc2c(-c2ccccc2)c1SCCCl. The summed E-state index contributed by atoms with van der Waals surface area (Å²) in [7, 11) is 0. The number of nitrogens with one attached hydrogen (secondary N) is 1. The quantitative estimate of drug-likeness (QED) is 0.519. The number of pyridine rings is 1. The summed E-state index contributed by atoms with van der Waals surface area (Å²) >= 11 is 13.4. The maximum Gasteiger partial charge on any atom is 0.262 e. The normalized spacial score (nSPS) is 11.0. The molecule has 0 saturated carbocycles. The van der Waals surface area contributed by atoms with Gasteiger partial charge in [0.05, 0.1) is 4.90 Å². The van der Waals surface area contributed by atoms with Crippen LogP contribution >= 0.6 is 35.0 Å². The van der Waals surface area contributed by atoms with Crippen LogP contribution in [0.5, 0.6) is 0 Å². The first-order valence-electron chi connectivity index (χ1n) is 6.80. The molecule has 0 bridgehead atoms. The van der Waals surface area contributed by atoms with Crippen LogP contribution in [0.1, 0.15) is 0 Å². The number of hydrogen-bond donors (Lipinski definition) is 1. The van der Waals surface area contributed by atoms with Crippen molar-refractivity contribution < 1.29 is 0 Å². The Morgan fingerprint density at radius 3 is 2.59 bits per heavy atom. The zero-order chi connectivity index (χ0) is 15.5. The van der Waals surface area contributed by atoms with Crippen LogP contribution in [-0.4, -0.2) is 16.6 Å². The summed E-state index contributed by atoms with van der Waals surface area (Å²) in [4.78, 5) is 16.1. The van der Waals surface area contributed by atoms with Gasteiger partial charge in [-0.05, 0) is 23.8 Å². The molecule has 0 saturated heterocycles. The van der Waals surface area contributed by atoms with Gasteiger partial charge in [-0.3, -0.25) is 4.79 Å². The second-order valence-electron chi connectivity index (χ2n) is 4.75. The molecule has 22 heavy (non-hydrogen) atoms. The number of aromatic amines is 1. The summed E-state index contributed by atoms with van der Waals surface area (Å²) in [5, 5.41) is 1.58. The lowest BCUT2D eigenvalue weighted by Crippen LogP contribution is -2.11. The van der Waals surface area contributed by atoms with Gasteiger partial charge in [0.15, 0.2) is 0 Å². The van der Waals surface area contributed by atoms with Crippen LogP contribution in [0.2, 0.25) is 5.02 Å². The van der Waals surface area contributed by atoms with Gasteiger partial charge < -0.3 is 4.98 Å². The number of thioether (sulfide) groups is 1. The van der Waals surface area contributed by atoms with E-state index in [0.29, 0.717) is 21.6 Å². The van der Waals surface area contributed by atoms with Crippen LogP contribution < -0.4 is 5.56 Å². The fourth-order valence-corrected chi connectivity index (χ4v) is 3.66. The maximum absolute atomic E-state index is 12.5. The van der Waals surface area contributed by atoms with E-state index in [1.807, 2.05) is 42.5 Å². The molecule has 2 nitrogen and oxygen atoms in total. The summed E-state index contributed by atoms with van der Waals surface area (Å²) in [6.45, 7) is 0. The van der Waals surface area contributed by atoms with E-state index in [4.69, 9.17) is 23.2 Å². The smallest absolute Gasteiger partial charge is 0.262 e. The predicted molar refractivity (Wildman–Crippen MR) is 96.5 cm³/mol. The Morgan fingerprint density at radius 2 is 1.86 bits per heavy atom. The minimum Gasteiger partial charge on any atom is -0.321 e. The zero-order valence-electron chi connectivity index (χ0n) is 11.6. The molecule has 112 valence electrons. The molecular formula is C17H13Cl2NOS. The molecule has 0 atom stereocenters. The summed E-state index contributed by atoms with van der Waals surface area (Å²) in [6, 6.07) is 15.4. The second-order valence-corrected chi connectivity index (χ2v) is 6.67. The first-order chi connectivity index (χ1) is 10.7. The number of alkyl halides is 1. The summed E-state index contributed by atoms with van der Waals surface area (Å²) < 4.78 is 0. The molecule has 1 N–H and O–H groups in total. The highest BCUT2D eigenvalue weighted by Crippen LogP contribution is 2.35. The first-order valence-corrected chi connectivity index (χ1v) is 8.70. The van der Waals surface area contributed by atoms with E-state index in [0.717, 1.165) is 22.0 Å². The Kier molecular flexibility index (Phi) is 4.77. The Balaban J connectivity index is 2.36. The molecule has 0 fully saturated rings. The van der Waals surface area contributed by atoms with Gasteiger partial charge >= 0.3 is 0 Å². The second kappa shape index (κ2) is 6.78. The van der Waals surface area contributed by atoms with Crippen molar-refractivity contribution in [2.24, 2.45) is 0 Å². The lowest BCUT2D eigenvalue weighted by Gasteiger charge is -2.12. The van der Waals surface area contributed by atoms with Crippen LogP contribution in [0.3, 0.4) is 0 Å². The number of hydrogen-bond acceptors (Lipinski definition) is 2. The minimum absolute atomic E-state index is 0.0937. The highest BCUT2D eigenvalue weighted by Gasteiger charge is 2.15. The summed E-state index contributed by atoms with van der Waals surface area (Å²) in [6.07, 6.45) is 0. The molecule has 0 aliphatic carbocycles. The minimum atomic E-state index is -0.0937. The van der Waals surface area contributed by atoms with E-state index < -0.39 is 0 Å². The molecule has 1 aromatic heterocycles. The van der Waals surface area contributed by atoms with Gasteiger partial charge in [-0.15, -0.1) is 23.4 Å².